The van der Waals surface area contributed by atoms with Crippen LogP contribution >= 0.6 is 0 Å². The molecular weight excluding hydrogens is 368 g/mol. The molecule has 0 aliphatic heterocycles. The fourth-order valence-electron chi connectivity index (χ4n) is 3.32. The van der Waals surface area contributed by atoms with Crippen molar-refractivity contribution in [2.75, 3.05) is 26.5 Å². The van der Waals surface area contributed by atoms with E-state index in [-0.39, 0.29) is 5.56 Å². The average Bonchev–Trinajstić information content (AvgIpc) is 2.69. The number of rotatable bonds is 7. The number of benzene rings is 2. The highest BCUT2D eigenvalue weighted by atomic mass is 16.5. The van der Waals surface area contributed by atoms with Gasteiger partial charge in [-0.15, -0.1) is 0 Å². The van der Waals surface area contributed by atoms with Crippen molar-refractivity contribution in [2.24, 2.45) is 0 Å². The zero-order chi connectivity index (χ0) is 21.0. The standard InChI is InChI=1S/C23H26N2O4/c1-5-6-18-20(28-4)12-9-16-13-19(23(27)29-21(16)18)22(26)24-17-10-7-15(8-11-17)14-25(2)3/h7-13H,5-6,14H2,1-4H3,(H,24,26). The molecule has 0 bridgehead atoms. The fraction of sp³-hybridized carbons (Fsp3) is 0.304. The summed E-state index contributed by atoms with van der Waals surface area (Å²) in [4.78, 5) is 27.3. The zero-order valence-electron chi connectivity index (χ0n) is 17.2. The maximum Gasteiger partial charge on any atom is 0.349 e. The lowest BCUT2D eigenvalue weighted by Crippen LogP contribution is -2.21. The number of fused-ring (bicyclic) bond motifs is 1. The fourth-order valence-corrected chi connectivity index (χ4v) is 3.32. The number of nitrogens with one attached hydrogen (secondary N) is 1. The third-order valence-electron chi connectivity index (χ3n) is 4.64. The third kappa shape index (κ3) is 4.66. The number of hydrogen-bond acceptors (Lipinski definition) is 5. The van der Waals surface area contributed by atoms with Crippen LogP contribution in [0.4, 0.5) is 5.69 Å². The molecule has 6 nitrogen and oxygen atoms in total. The molecule has 6 heteroatoms. The van der Waals surface area contributed by atoms with Crippen LogP contribution in [-0.2, 0) is 13.0 Å². The first-order valence-corrected chi connectivity index (χ1v) is 9.61. The number of ether oxygens (including phenoxy) is 1. The lowest BCUT2D eigenvalue weighted by Gasteiger charge is -2.12. The van der Waals surface area contributed by atoms with E-state index in [0.29, 0.717) is 28.8 Å². The summed E-state index contributed by atoms with van der Waals surface area (Å²) in [6, 6.07) is 12.7. The Balaban J connectivity index is 1.90. The van der Waals surface area contributed by atoms with E-state index in [4.69, 9.17) is 9.15 Å². The summed E-state index contributed by atoms with van der Waals surface area (Å²) in [5.41, 5.74) is 2.38. The van der Waals surface area contributed by atoms with Crippen molar-refractivity contribution in [1.82, 2.24) is 4.90 Å². The number of nitrogens with zero attached hydrogens (tertiary/aromatic N) is 1. The van der Waals surface area contributed by atoms with Crippen LogP contribution in [0.1, 0.15) is 34.8 Å². The minimum Gasteiger partial charge on any atom is -0.496 e. The summed E-state index contributed by atoms with van der Waals surface area (Å²) in [6.07, 6.45) is 1.60. The molecule has 1 aromatic heterocycles. The molecule has 0 aliphatic rings. The number of carbonyl (C=O) groups excluding carboxylic acids is 1. The van der Waals surface area contributed by atoms with Gasteiger partial charge in [0.15, 0.2) is 0 Å². The number of methoxy groups -OCH3 is 1. The lowest BCUT2D eigenvalue weighted by molar-refractivity contribution is 0.102. The van der Waals surface area contributed by atoms with Gasteiger partial charge < -0.3 is 19.4 Å². The van der Waals surface area contributed by atoms with E-state index in [1.807, 2.05) is 51.4 Å². The molecule has 0 spiro atoms. The van der Waals surface area contributed by atoms with E-state index >= 15 is 0 Å². The molecule has 1 heterocycles. The van der Waals surface area contributed by atoms with E-state index < -0.39 is 11.5 Å². The monoisotopic (exact) mass is 394 g/mol. The van der Waals surface area contributed by atoms with Gasteiger partial charge in [0, 0.05) is 23.2 Å². The molecule has 3 aromatic rings. The van der Waals surface area contributed by atoms with Gasteiger partial charge >= 0.3 is 5.63 Å². The largest absolute Gasteiger partial charge is 0.496 e. The van der Waals surface area contributed by atoms with Crippen molar-refractivity contribution in [3.63, 3.8) is 0 Å². The Kier molecular flexibility index (Phi) is 6.34. The van der Waals surface area contributed by atoms with E-state index in [0.717, 1.165) is 24.1 Å². The first-order chi connectivity index (χ1) is 13.9. The van der Waals surface area contributed by atoms with Gasteiger partial charge in [0.1, 0.15) is 16.9 Å². The Morgan fingerprint density at radius 2 is 1.86 bits per heavy atom. The molecule has 0 radical (unpaired) electrons. The van der Waals surface area contributed by atoms with Gasteiger partial charge in [-0.25, -0.2) is 4.79 Å². The minimum absolute atomic E-state index is 0.0255. The summed E-state index contributed by atoms with van der Waals surface area (Å²) < 4.78 is 10.9. The first kappa shape index (κ1) is 20.6. The highest BCUT2D eigenvalue weighted by Gasteiger charge is 2.17. The van der Waals surface area contributed by atoms with Crippen molar-refractivity contribution in [1.29, 1.82) is 0 Å². The molecule has 3 rings (SSSR count). The number of amides is 1. The van der Waals surface area contributed by atoms with Gasteiger partial charge in [-0.05, 0) is 56.4 Å². The second-order valence-electron chi connectivity index (χ2n) is 7.25. The van der Waals surface area contributed by atoms with Crippen LogP contribution in [0.5, 0.6) is 5.75 Å². The van der Waals surface area contributed by atoms with Crippen molar-refractivity contribution < 1.29 is 13.9 Å². The average molecular weight is 394 g/mol. The number of carbonyl (C=O) groups is 1. The van der Waals surface area contributed by atoms with Crippen LogP contribution in [0.3, 0.4) is 0 Å². The predicted octanol–water partition coefficient (Wildman–Crippen LogP) is 4.07. The Hall–Kier alpha value is -3.12. The van der Waals surface area contributed by atoms with E-state index in [1.165, 1.54) is 0 Å². The molecule has 1 amide bonds. The van der Waals surface area contributed by atoms with Crippen LogP contribution in [0, 0.1) is 0 Å². The Labute approximate surface area is 170 Å². The predicted molar refractivity (Wildman–Crippen MR) is 115 cm³/mol. The van der Waals surface area contributed by atoms with E-state index in [2.05, 4.69) is 10.2 Å². The molecule has 0 fully saturated rings. The summed E-state index contributed by atoms with van der Waals surface area (Å²) in [6.45, 7) is 2.86. The van der Waals surface area contributed by atoms with Crippen LogP contribution in [-0.4, -0.2) is 32.0 Å². The number of anilines is 1. The van der Waals surface area contributed by atoms with Crippen LogP contribution in [0.25, 0.3) is 11.0 Å². The smallest absolute Gasteiger partial charge is 0.349 e. The van der Waals surface area contributed by atoms with Gasteiger partial charge in [0.05, 0.1) is 7.11 Å². The Morgan fingerprint density at radius 1 is 1.14 bits per heavy atom. The van der Waals surface area contributed by atoms with Gasteiger partial charge in [-0.3, -0.25) is 4.79 Å². The van der Waals surface area contributed by atoms with Crippen LogP contribution in [0.2, 0.25) is 0 Å². The van der Waals surface area contributed by atoms with Crippen molar-refractivity contribution >= 4 is 22.6 Å². The Bertz CT molecular complexity index is 1070. The topological polar surface area (TPSA) is 71.8 Å². The van der Waals surface area contributed by atoms with Crippen molar-refractivity contribution in [3.05, 3.63) is 69.6 Å². The zero-order valence-corrected chi connectivity index (χ0v) is 17.2. The highest BCUT2D eigenvalue weighted by Crippen LogP contribution is 2.29. The minimum atomic E-state index is -0.662. The number of hydrogen-bond donors (Lipinski definition) is 1. The third-order valence-corrected chi connectivity index (χ3v) is 4.64. The van der Waals surface area contributed by atoms with Crippen molar-refractivity contribution in [2.45, 2.75) is 26.3 Å². The Morgan fingerprint density at radius 3 is 2.48 bits per heavy atom. The lowest BCUT2D eigenvalue weighted by atomic mass is 10.0. The molecule has 29 heavy (non-hydrogen) atoms. The van der Waals surface area contributed by atoms with Gasteiger partial charge in [0.2, 0.25) is 0 Å². The highest BCUT2D eigenvalue weighted by molar-refractivity contribution is 6.05. The van der Waals surface area contributed by atoms with E-state index in [1.54, 1.807) is 19.2 Å². The number of aryl methyl sites for hydroxylation is 1. The molecular formula is C23H26N2O4. The molecule has 152 valence electrons. The van der Waals surface area contributed by atoms with Crippen LogP contribution < -0.4 is 15.7 Å². The quantitative estimate of drug-likeness (QED) is 0.612. The second-order valence-corrected chi connectivity index (χ2v) is 7.25. The first-order valence-electron chi connectivity index (χ1n) is 9.61. The van der Waals surface area contributed by atoms with Crippen LogP contribution in [0.15, 0.2) is 51.7 Å². The van der Waals surface area contributed by atoms with Crippen molar-refractivity contribution in [3.8, 4) is 5.75 Å². The normalized spacial score (nSPS) is 11.1. The van der Waals surface area contributed by atoms with Gasteiger partial charge in [-0.1, -0.05) is 25.5 Å². The molecule has 0 saturated heterocycles. The molecule has 1 N–H and O–H groups in total. The SMILES string of the molecule is CCCc1c(OC)ccc2cc(C(=O)Nc3ccc(CN(C)C)cc3)c(=O)oc12. The molecule has 0 saturated carbocycles. The summed E-state index contributed by atoms with van der Waals surface area (Å²) in [7, 11) is 5.58. The molecule has 0 aliphatic carbocycles. The van der Waals surface area contributed by atoms with Gasteiger partial charge in [0.25, 0.3) is 5.91 Å². The summed E-state index contributed by atoms with van der Waals surface area (Å²) >= 11 is 0. The summed E-state index contributed by atoms with van der Waals surface area (Å²) in [5.74, 6) is 0.186. The summed E-state index contributed by atoms with van der Waals surface area (Å²) in [5, 5.41) is 3.46. The second kappa shape index (κ2) is 8.92. The van der Waals surface area contributed by atoms with E-state index in [9.17, 15) is 9.59 Å². The maximum atomic E-state index is 12.7. The van der Waals surface area contributed by atoms with Gasteiger partial charge in [-0.2, -0.15) is 0 Å². The molecule has 2 aromatic carbocycles. The molecule has 0 unspecified atom stereocenters. The maximum absolute atomic E-state index is 12.7. The molecule has 0 atom stereocenters.